The lowest BCUT2D eigenvalue weighted by Gasteiger charge is -2.09. The van der Waals surface area contributed by atoms with Crippen molar-refractivity contribution >= 4 is 12.6 Å². The first-order chi connectivity index (χ1) is 14.5. The van der Waals surface area contributed by atoms with E-state index in [4.69, 9.17) is 9.84 Å². The molecule has 0 aliphatic carbocycles. The summed E-state index contributed by atoms with van der Waals surface area (Å²) in [5.41, 5.74) is 2.15. The summed E-state index contributed by atoms with van der Waals surface area (Å²) in [4.78, 5) is 4.19. The van der Waals surface area contributed by atoms with Crippen molar-refractivity contribution in [3.05, 3.63) is 65.2 Å². The number of nitrogens with zero attached hydrogens (tertiary/aromatic N) is 6. The third-order valence-electron chi connectivity index (χ3n) is 3.95. The lowest BCUT2D eigenvalue weighted by molar-refractivity contribution is 0.0765. The molecule has 3 rings (SSSR count). The molecule has 2 heterocycles. The summed E-state index contributed by atoms with van der Waals surface area (Å²) in [5.74, 6) is -0.858. The van der Waals surface area contributed by atoms with Crippen LogP contribution in [0, 0.1) is 5.82 Å². The molecular formula is C19H17F3N6O2. The quantitative estimate of drug-likeness (QED) is 0.345. The number of pyridine rings is 1. The zero-order valence-electron chi connectivity index (χ0n) is 15.6. The fourth-order valence-electron chi connectivity index (χ4n) is 2.52. The predicted molar refractivity (Wildman–Crippen MR) is 103 cm³/mol. The van der Waals surface area contributed by atoms with Crippen LogP contribution in [0.2, 0.25) is 0 Å². The van der Waals surface area contributed by atoms with Crippen LogP contribution in [0.15, 0.2) is 52.9 Å². The van der Waals surface area contributed by atoms with E-state index in [1.165, 1.54) is 23.0 Å². The minimum Gasteiger partial charge on any atom is -0.470 e. The Hall–Kier alpha value is -3.60. The van der Waals surface area contributed by atoms with E-state index in [0.29, 0.717) is 22.5 Å². The molecule has 8 nitrogen and oxygen atoms in total. The smallest absolute Gasteiger partial charge is 0.272 e. The molecule has 0 atom stereocenters. The fraction of sp³-hybridized carbons (Fsp3) is 0.211. The molecule has 0 fully saturated rings. The van der Waals surface area contributed by atoms with Crippen LogP contribution in [0.4, 0.5) is 13.2 Å². The molecule has 0 amide bonds. The highest BCUT2D eigenvalue weighted by molar-refractivity contribution is 5.94. The highest BCUT2D eigenvalue weighted by Gasteiger charge is 2.14. The van der Waals surface area contributed by atoms with Crippen molar-refractivity contribution in [1.29, 1.82) is 0 Å². The Balaban J connectivity index is 1.75. The Bertz CT molecular complexity index is 1040. The second-order valence-corrected chi connectivity index (χ2v) is 6.07. The van der Waals surface area contributed by atoms with Gasteiger partial charge in [-0.1, -0.05) is 17.3 Å². The zero-order chi connectivity index (χ0) is 21.5. The summed E-state index contributed by atoms with van der Waals surface area (Å²) >= 11 is 0. The van der Waals surface area contributed by atoms with Crippen LogP contribution in [0.3, 0.4) is 0 Å². The van der Waals surface area contributed by atoms with E-state index in [2.05, 4.69) is 32.2 Å². The number of hydrogen-bond donors (Lipinski definition) is 1. The molecule has 0 radical (unpaired) electrons. The maximum atomic E-state index is 14.5. The lowest BCUT2D eigenvalue weighted by Crippen LogP contribution is -2.13. The Morgan fingerprint density at radius 1 is 1.23 bits per heavy atom. The molecule has 0 spiro atoms. The molecule has 0 aliphatic rings. The van der Waals surface area contributed by atoms with Gasteiger partial charge in [-0.3, -0.25) is 4.98 Å². The largest absolute Gasteiger partial charge is 0.470 e. The van der Waals surface area contributed by atoms with Crippen LogP contribution in [0.5, 0.6) is 0 Å². The number of benzene rings is 1. The summed E-state index contributed by atoms with van der Waals surface area (Å²) in [5, 5.41) is 23.8. The summed E-state index contributed by atoms with van der Waals surface area (Å²) in [6.45, 7) is 2.22. The molecule has 0 saturated carbocycles. The van der Waals surface area contributed by atoms with Crippen molar-refractivity contribution in [3.8, 4) is 11.4 Å². The van der Waals surface area contributed by atoms with Gasteiger partial charge >= 0.3 is 0 Å². The summed E-state index contributed by atoms with van der Waals surface area (Å²) in [6, 6.07) is 7.46. The van der Waals surface area contributed by atoms with E-state index in [-0.39, 0.29) is 24.6 Å². The van der Waals surface area contributed by atoms with E-state index in [0.717, 1.165) is 6.07 Å². The predicted octanol–water partition coefficient (Wildman–Crippen LogP) is 2.66. The topological polar surface area (TPSA) is 97.8 Å². The molecule has 1 aromatic carbocycles. The number of aliphatic hydroxyl groups excluding tert-OH is 1. The maximum Gasteiger partial charge on any atom is 0.272 e. The number of hydrogen-bond acceptors (Lipinski definition) is 7. The van der Waals surface area contributed by atoms with E-state index in [1.54, 1.807) is 18.3 Å². The molecule has 3 aromatic rings. The molecule has 2 aromatic heterocycles. The summed E-state index contributed by atoms with van der Waals surface area (Å²) in [7, 11) is 0. The second-order valence-electron chi connectivity index (χ2n) is 6.07. The van der Waals surface area contributed by atoms with Crippen LogP contribution in [-0.2, 0) is 17.9 Å². The number of ether oxygens (including phenoxy) is 1. The Morgan fingerprint density at radius 3 is 2.70 bits per heavy atom. The Kier molecular flexibility index (Phi) is 6.86. The zero-order valence-corrected chi connectivity index (χ0v) is 15.6. The van der Waals surface area contributed by atoms with Gasteiger partial charge in [0.25, 0.3) is 6.43 Å². The molecule has 156 valence electrons. The van der Waals surface area contributed by atoms with Gasteiger partial charge in [0.05, 0.1) is 25.0 Å². The Morgan fingerprint density at radius 2 is 2.07 bits per heavy atom. The fourth-order valence-corrected chi connectivity index (χ4v) is 2.52. The van der Waals surface area contributed by atoms with E-state index >= 15 is 0 Å². The van der Waals surface area contributed by atoms with Crippen LogP contribution < -0.4 is 0 Å². The number of alkyl halides is 2. The third kappa shape index (κ3) is 5.26. The number of halogens is 3. The van der Waals surface area contributed by atoms with Gasteiger partial charge in [0.1, 0.15) is 11.5 Å². The van der Waals surface area contributed by atoms with E-state index in [9.17, 15) is 13.2 Å². The number of aliphatic hydroxyl groups is 1. The normalized spacial score (nSPS) is 11.7. The van der Waals surface area contributed by atoms with Crippen LogP contribution in [0.1, 0.15) is 16.7 Å². The van der Waals surface area contributed by atoms with Crippen molar-refractivity contribution in [1.82, 2.24) is 20.0 Å². The van der Waals surface area contributed by atoms with Crippen LogP contribution in [-0.4, -0.2) is 50.7 Å². The second kappa shape index (κ2) is 9.74. The summed E-state index contributed by atoms with van der Waals surface area (Å²) in [6.07, 6.45) is 0.425. The van der Waals surface area contributed by atoms with E-state index in [1.807, 2.05) is 0 Å². The van der Waals surface area contributed by atoms with Crippen LogP contribution >= 0.6 is 0 Å². The highest BCUT2D eigenvalue weighted by atomic mass is 19.3. The van der Waals surface area contributed by atoms with Gasteiger partial charge in [-0.15, -0.1) is 10.2 Å². The average Bonchev–Trinajstić information content (AvgIpc) is 3.21. The van der Waals surface area contributed by atoms with Gasteiger partial charge in [-0.05, 0) is 23.8 Å². The molecular weight excluding hydrogens is 401 g/mol. The first-order valence-electron chi connectivity index (χ1n) is 8.70. The molecule has 0 unspecified atom stereocenters. The van der Waals surface area contributed by atoms with Gasteiger partial charge in [-0.25, -0.2) is 17.9 Å². The van der Waals surface area contributed by atoms with Crippen molar-refractivity contribution in [2.45, 2.75) is 19.6 Å². The first kappa shape index (κ1) is 21.1. The first-order valence-corrected chi connectivity index (χ1v) is 8.70. The van der Waals surface area contributed by atoms with Crippen molar-refractivity contribution in [2.75, 3.05) is 6.61 Å². The number of rotatable bonds is 8. The van der Waals surface area contributed by atoms with Gasteiger partial charge in [0.15, 0.2) is 6.61 Å². The molecule has 0 aliphatic heterocycles. The molecule has 0 saturated heterocycles. The maximum absolute atomic E-state index is 14.5. The molecule has 0 bridgehead atoms. The minimum atomic E-state index is -2.71. The number of aromatic nitrogens is 4. The van der Waals surface area contributed by atoms with E-state index < -0.39 is 18.8 Å². The SMILES string of the molecule is C=N/N=C(\OCC(F)F)c1ccc(Cn2cc(-c3ccc(CO)cn3)nn2)c(F)c1. The lowest BCUT2D eigenvalue weighted by atomic mass is 10.1. The minimum absolute atomic E-state index is 0.0813. The van der Waals surface area contributed by atoms with Crippen LogP contribution in [0.25, 0.3) is 11.4 Å². The van der Waals surface area contributed by atoms with Gasteiger partial charge in [0, 0.05) is 24.0 Å². The van der Waals surface area contributed by atoms with Gasteiger partial charge in [0.2, 0.25) is 5.90 Å². The molecule has 30 heavy (non-hydrogen) atoms. The average molecular weight is 418 g/mol. The monoisotopic (exact) mass is 418 g/mol. The van der Waals surface area contributed by atoms with Crippen molar-refractivity contribution in [2.24, 2.45) is 10.2 Å². The third-order valence-corrected chi connectivity index (χ3v) is 3.95. The van der Waals surface area contributed by atoms with Crippen molar-refractivity contribution in [3.63, 3.8) is 0 Å². The van der Waals surface area contributed by atoms with Gasteiger partial charge in [-0.2, -0.15) is 5.10 Å². The van der Waals surface area contributed by atoms with Crippen molar-refractivity contribution < 1.29 is 23.0 Å². The highest BCUT2D eigenvalue weighted by Crippen LogP contribution is 2.17. The Labute approximate surface area is 169 Å². The summed E-state index contributed by atoms with van der Waals surface area (Å²) < 4.78 is 45.6. The molecule has 11 heteroatoms. The van der Waals surface area contributed by atoms with Gasteiger partial charge < -0.3 is 9.84 Å². The standard InChI is InChI=1S/C19H17F3N6O2/c1-23-26-19(30-11-18(21)22)13-3-4-14(15(20)6-13)8-28-9-17(25-27-28)16-5-2-12(10-29)7-24-16/h2-7,9,18,29H,1,8,10-11H2/b26-19-. The molecule has 1 N–H and O–H groups in total.